The monoisotopic (exact) mass is 279 g/mol. The molecule has 0 radical (unpaired) electrons. The molecule has 1 amide bonds. The van der Waals surface area contributed by atoms with E-state index in [9.17, 15) is 4.79 Å². The third-order valence-corrected chi connectivity index (χ3v) is 3.12. The van der Waals surface area contributed by atoms with Gasteiger partial charge < -0.3 is 16.2 Å². The molecular formula is C16H13N3O2. The lowest BCUT2D eigenvalue weighted by Gasteiger charge is -2.11. The number of primary amides is 1. The highest BCUT2D eigenvalue weighted by atomic mass is 16.5. The Morgan fingerprint density at radius 3 is 2.67 bits per heavy atom. The summed E-state index contributed by atoms with van der Waals surface area (Å²) in [5.41, 5.74) is 12.7. The van der Waals surface area contributed by atoms with Crippen molar-refractivity contribution in [2.75, 3.05) is 5.73 Å². The number of benzene rings is 2. The quantitative estimate of drug-likeness (QED) is 0.721. The maximum atomic E-state index is 11.1. The molecule has 5 nitrogen and oxygen atoms in total. The molecule has 104 valence electrons. The van der Waals surface area contributed by atoms with Crippen LogP contribution in [0, 0.1) is 0 Å². The lowest BCUT2D eigenvalue weighted by Crippen LogP contribution is -2.11. The summed E-state index contributed by atoms with van der Waals surface area (Å²) in [5, 5.41) is 0.887. The maximum Gasteiger partial charge on any atom is 0.248 e. The van der Waals surface area contributed by atoms with Crippen molar-refractivity contribution in [2.24, 2.45) is 5.73 Å². The van der Waals surface area contributed by atoms with Gasteiger partial charge in [0.2, 0.25) is 5.91 Å². The minimum absolute atomic E-state index is 0.347. The zero-order valence-corrected chi connectivity index (χ0v) is 11.1. The molecule has 0 aliphatic heterocycles. The van der Waals surface area contributed by atoms with Crippen LogP contribution in [0.15, 0.2) is 54.7 Å². The predicted molar refractivity (Wildman–Crippen MR) is 81.2 cm³/mol. The molecule has 3 aromatic rings. The average Bonchev–Trinajstić information content (AvgIpc) is 2.49. The number of nitrogen functional groups attached to an aromatic ring is 1. The Hall–Kier alpha value is -3.08. The molecule has 0 saturated heterocycles. The highest BCUT2D eigenvalue weighted by Crippen LogP contribution is 2.32. The molecule has 21 heavy (non-hydrogen) atoms. The van der Waals surface area contributed by atoms with Gasteiger partial charge in [0.05, 0.1) is 11.2 Å². The fourth-order valence-corrected chi connectivity index (χ4v) is 2.08. The zero-order chi connectivity index (χ0) is 14.8. The first kappa shape index (κ1) is 12.9. The zero-order valence-electron chi connectivity index (χ0n) is 11.1. The number of rotatable bonds is 3. The summed E-state index contributed by atoms with van der Waals surface area (Å²) in [7, 11) is 0. The number of nitrogens with two attached hydrogens (primary N) is 2. The summed E-state index contributed by atoms with van der Waals surface area (Å²) in [4.78, 5) is 15.4. The van der Waals surface area contributed by atoms with E-state index in [4.69, 9.17) is 16.2 Å². The SMILES string of the molecule is NC(=O)c1ccc(Oc2cccc3ncccc23)c(N)c1. The molecule has 0 saturated carbocycles. The van der Waals surface area contributed by atoms with Crippen LogP contribution in [-0.2, 0) is 0 Å². The van der Waals surface area contributed by atoms with Gasteiger partial charge in [-0.05, 0) is 42.5 Å². The van der Waals surface area contributed by atoms with Gasteiger partial charge in [0.15, 0.2) is 0 Å². The van der Waals surface area contributed by atoms with Gasteiger partial charge in [-0.1, -0.05) is 6.07 Å². The Bertz CT molecular complexity index is 825. The second-order valence-electron chi connectivity index (χ2n) is 4.55. The predicted octanol–water partition coefficient (Wildman–Crippen LogP) is 2.71. The lowest BCUT2D eigenvalue weighted by atomic mass is 10.1. The molecule has 1 aromatic heterocycles. The molecular weight excluding hydrogens is 266 g/mol. The van der Waals surface area contributed by atoms with Crippen molar-refractivity contribution in [1.29, 1.82) is 0 Å². The Kier molecular flexibility index (Phi) is 3.16. The van der Waals surface area contributed by atoms with E-state index in [2.05, 4.69) is 4.98 Å². The van der Waals surface area contributed by atoms with Crippen molar-refractivity contribution in [1.82, 2.24) is 4.98 Å². The highest BCUT2D eigenvalue weighted by molar-refractivity contribution is 5.94. The van der Waals surface area contributed by atoms with Crippen molar-refractivity contribution in [3.63, 3.8) is 0 Å². The molecule has 0 atom stereocenters. The number of hydrogen-bond acceptors (Lipinski definition) is 4. The van der Waals surface area contributed by atoms with Gasteiger partial charge in [0.1, 0.15) is 11.5 Å². The number of carbonyl (C=O) groups excluding carboxylic acids is 1. The molecule has 5 heteroatoms. The molecule has 0 aliphatic rings. The average molecular weight is 279 g/mol. The summed E-state index contributed by atoms with van der Waals surface area (Å²) in [5.74, 6) is 0.595. The van der Waals surface area contributed by atoms with Crippen LogP contribution in [0.2, 0.25) is 0 Å². The molecule has 3 rings (SSSR count). The number of amides is 1. The van der Waals surface area contributed by atoms with Crippen molar-refractivity contribution in [3.8, 4) is 11.5 Å². The standard InChI is InChI=1S/C16H13N3O2/c17-12-9-10(16(18)20)6-7-15(12)21-14-5-1-4-13-11(14)3-2-8-19-13/h1-9H,17H2,(H2,18,20). The minimum atomic E-state index is -0.525. The van der Waals surface area contributed by atoms with E-state index < -0.39 is 5.91 Å². The maximum absolute atomic E-state index is 11.1. The Balaban J connectivity index is 2.01. The lowest BCUT2D eigenvalue weighted by molar-refractivity contribution is 0.100. The van der Waals surface area contributed by atoms with E-state index in [0.717, 1.165) is 10.9 Å². The molecule has 1 heterocycles. The molecule has 4 N–H and O–H groups in total. The highest BCUT2D eigenvalue weighted by Gasteiger charge is 2.09. The van der Waals surface area contributed by atoms with Crippen LogP contribution in [0.3, 0.4) is 0 Å². The number of carbonyl (C=O) groups is 1. The number of hydrogen-bond donors (Lipinski definition) is 2. The van der Waals surface area contributed by atoms with Crippen LogP contribution in [0.25, 0.3) is 10.9 Å². The van der Waals surface area contributed by atoms with Crippen LogP contribution in [0.1, 0.15) is 10.4 Å². The first-order valence-corrected chi connectivity index (χ1v) is 6.36. The Morgan fingerprint density at radius 2 is 1.90 bits per heavy atom. The van der Waals surface area contributed by atoms with Gasteiger partial charge in [0.25, 0.3) is 0 Å². The van der Waals surface area contributed by atoms with E-state index in [1.165, 1.54) is 6.07 Å². The van der Waals surface area contributed by atoms with E-state index in [0.29, 0.717) is 22.7 Å². The normalized spacial score (nSPS) is 10.5. The van der Waals surface area contributed by atoms with Crippen LogP contribution >= 0.6 is 0 Å². The summed E-state index contributed by atoms with van der Waals surface area (Å²) in [6, 6.07) is 14.1. The third kappa shape index (κ3) is 2.49. The molecule has 0 spiro atoms. The van der Waals surface area contributed by atoms with Crippen LogP contribution < -0.4 is 16.2 Å². The van der Waals surface area contributed by atoms with Gasteiger partial charge in [-0.25, -0.2) is 0 Å². The van der Waals surface area contributed by atoms with Gasteiger partial charge in [-0.2, -0.15) is 0 Å². The van der Waals surface area contributed by atoms with Gasteiger partial charge in [0, 0.05) is 17.1 Å². The molecule has 0 fully saturated rings. The third-order valence-electron chi connectivity index (χ3n) is 3.12. The van der Waals surface area contributed by atoms with Gasteiger partial charge in [-0.3, -0.25) is 9.78 Å². The topological polar surface area (TPSA) is 91.2 Å². The van der Waals surface area contributed by atoms with Crippen LogP contribution in [0.5, 0.6) is 11.5 Å². The second kappa shape index (κ2) is 5.13. The minimum Gasteiger partial charge on any atom is -0.454 e. The van der Waals surface area contributed by atoms with Gasteiger partial charge >= 0.3 is 0 Å². The molecule has 2 aromatic carbocycles. The molecule has 0 aliphatic carbocycles. The van der Waals surface area contributed by atoms with E-state index >= 15 is 0 Å². The van der Waals surface area contributed by atoms with Gasteiger partial charge in [-0.15, -0.1) is 0 Å². The summed E-state index contributed by atoms with van der Waals surface area (Å²) in [6.45, 7) is 0. The number of aromatic nitrogens is 1. The largest absolute Gasteiger partial charge is 0.454 e. The number of ether oxygens (including phenoxy) is 1. The Labute approximate surface area is 121 Å². The first-order chi connectivity index (χ1) is 10.1. The molecule has 0 unspecified atom stereocenters. The van der Waals surface area contributed by atoms with Crippen LogP contribution in [0.4, 0.5) is 5.69 Å². The van der Waals surface area contributed by atoms with E-state index in [1.54, 1.807) is 18.3 Å². The smallest absolute Gasteiger partial charge is 0.248 e. The van der Waals surface area contributed by atoms with Crippen LogP contribution in [-0.4, -0.2) is 10.9 Å². The van der Waals surface area contributed by atoms with Crippen molar-refractivity contribution < 1.29 is 9.53 Å². The second-order valence-corrected chi connectivity index (χ2v) is 4.55. The van der Waals surface area contributed by atoms with Crippen molar-refractivity contribution in [3.05, 3.63) is 60.3 Å². The number of anilines is 1. The number of pyridine rings is 1. The first-order valence-electron chi connectivity index (χ1n) is 6.36. The fraction of sp³-hybridized carbons (Fsp3) is 0. The fourth-order valence-electron chi connectivity index (χ4n) is 2.08. The van der Waals surface area contributed by atoms with Crippen molar-refractivity contribution >= 4 is 22.5 Å². The number of nitrogens with zero attached hydrogens (tertiary/aromatic N) is 1. The van der Waals surface area contributed by atoms with E-state index in [-0.39, 0.29) is 0 Å². The van der Waals surface area contributed by atoms with Crippen molar-refractivity contribution in [2.45, 2.75) is 0 Å². The summed E-state index contributed by atoms with van der Waals surface area (Å²) < 4.78 is 5.84. The Morgan fingerprint density at radius 1 is 1.05 bits per heavy atom. The van der Waals surface area contributed by atoms with E-state index in [1.807, 2.05) is 30.3 Å². The number of fused-ring (bicyclic) bond motifs is 1. The molecule has 0 bridgehead atoms. The summed E-state index contributed by atoms with van der Waals surface area (Å²) >= 11 is 0. The summed E-state index contributed by atoms with van der Waals surface area (Å²) in [6.07, 6.45) is 1.72.